The summed E-state index contributed by atoms with van der Waals surface area (Å²) in [5, 5.41) is 9.07. The van der Waals surface area contributed by atoms with Crippen molar-refractivity contribution < 1.29 is 5.11 Å². The molecule has 4 nitrogen and oxygen atoms in total. The third kappa shape index (κ3) is 2.73. The highest BCUT2D eigenvalue weighted by Gasteiger charge is 2.26. The van der Waals surface area contributed by atoms with Gasteiger partial charge in [0.25, 0.3) is 0 Å². The first-order valence-electron chi connectivity index (χ1n) is 7.57. The van der Waals surface area contributed by atoms with Crippen LogP contribution in [0.15, 0.2) is 6.33 Å². The predicted octanol–water partition coefficient (Wildman–Crippen LogP) is 1.95. The van der Waals surface area contributed by atoms with E-state index in [0.29, 0.717) is 12.5 Å². The molecule has 0 radical (unpaired) electrons. The van der Waals surface area contributed by atoms with E-state index < -0.39 is 0 Å². The molecule has 2 heterocycles. The molecule has 1 aromatic heterocycles. The number of anilines is 1. The van der Waals surface area contributed by atoms with Crippen LogP contribution in [0.1, 0.15) is 43.4 Å². The lowest BCUT2D eigenvalue weighted by atomic mass is 10.1. The Bertz CT molecular complexity index is 435. The van der Waals surface area contributed by atoms with Gasteiger partial charge in [0.2, 0.25) is 0 Å². The highest BCUT2D eigenvalue weighted by molar-refractivity contribution is 5.50. The fourth-order valence-electron chi connectivity index (χ4n) is 3.40. The van der Waals surface area contributed by atoms with E-state index in [1.165, 1.54) is 42.8 Å². The fourth-order valence-corrected chi connectivity index (χ4v) is 3.40. The topological polar surface area (TPSA) is 49.2 Å². The summed E-state index contributed by atoms with van der Waals surface area (Å²) in [5.41, 5.74) is 2.66. The first-order chi connectivity index (χ1) is 9.38. The number of aryl methyl sites for hydroxylation is 1. The van der Waals surface area contributed by atoms with E-state index in [1.54, 1.807) is 6.33 Å². The average molecular weight is 261 g/mol. The molecule has 2 aliphatic rings. The van der Waals surface area contributed by atoms with Gasteiger partial charge in [-0.05, 0) is 44.4 Å². The number of hydrogen-bond acceptors (Lipinski definition) is 4. The summed E-state index contributed by atoms with van der Waals surface area (Å²) in [6, 6.07) is 0. The van der Waals surface area contributed by atoms with E-state index in [1.807, 2.05) is 0 Å². The molecule has 1 atom stereocenters. The second-order valence-corrected chi connectivity index (χ2v) is 5.80. The summed E-state index contributed by atoms with van der Waals surface area (Å²) in [6.45, 7) is 2.43. The van der Waals surface area contributed by atoms with Crippen molar-refractivity contribution in [1.82, 2.24) is 9.97 Å². The first-order valence-corrected chi connectivity index (χ1v) is 7.57. The fraction of sp³-hybridized carbons (Fsp3) is 0.733. The van der Waals surface area contributed by atoms with Crippen molar-refractivity contribution in [2.24, 2.45) is 5.92 Å². The van der Waals surface area contributed by atoms with Crippen molar-refractivity contribution >= 4 is 5.82 Å². The third-order valence-electron chi connectivity index (χ3n) is 4.47. The lowest BCUT2D eigenvalue weighted by Crippen LogP contribution is -2.23. The van der Waals surface area contributed by atoms with Gasteiger partial charge < -0.3 is 10.0 Å². The molecule has 4 heteroatoms. The standard InChI is InChI=1S/C15H23N3O/c19-9-7-12-6-8-18(10-12)15-13-4-2-1-3-5-14(13)16-11-17-15/h11-12,19H,1-10H2. The molecule has 1 unspecified atom stereocenters. The number of aliphatic hydroxyl groups is 1. The van der Waals surface area contributed by atoms with Crippen LogP contribution in [0.25, 0.3) is 0 Å². The molecule has 1 fully saturated rings. The van der Waals surface area contributed by atoms with Crippen molar-refractivity contribution in [2.75, 3.05) is 24.6 Å². The molecule has 1 saturated heterocycles. The Morgan fingerprint density at radius 1 is 1.21 bits per heavy atom. The van der Waals surface area contributed by atoms with E-state index in [-0.39, 0.29) is 0 Å². The second kappa shape index (κ2) is 5.87. The van der Waals surface area contributed by atoms with Gasteiger partial charge in [-0.15, -0.1) is 0 Å². The maximum absolute atomic E-state index is 9.07. The van der Waals surface area contributed by atoms with Gasteiger partial charge in [-0.25, -0.2) is 9.97 Å². The number of hydrogen-bond donors (Lipinski definition) is 1. The lowest BCUT2D eigenvalue weighted by Gasteiger charge is -2.21. The van der Waals surface area contributed by atoms with Crippen LogP contribution in [0.3, 0.4) is 0 Å². The molecular formula is C15H23N3O. The molecule has 1 aliphatic heterocycles. The number of aromatic nitrogens is 2. The molecule has 1 N–H and O–H groups in total. The van der Waals surface area contributed by atoms with Gasteiger partial charge in [-0.2, -0.15) is 0 Å². The van der Waals surface area contributed by atoms with Gasteiger partial charge in [-0.3, -0.25) is 0 Å². The SMILES string of the molecule is OCCC1CCN(c2ncnc3c2CCCCC3)C1. The van der Waals surface area contributed by atoms with Gasteiger partial charge in [0, 0.05) is 31.0 Å². The quantitative estimate of drug-likeness (QED) is 0.845. The molecule has 1 aromatic rings. The summed E-state index contributed by atoms with van der Waals surface area (Å²) in [4.78, 5) is 11.5. The Balaban J connectivity index is 1.81. The van der Waals surface area contributed by atoms with Crippen LogP contribution in [-0.2, 0) is 12.8 Å². The largest absolute Gasteiger partial charge is 0.396 e. The number of nitrogens with zero attached hydrogens (tertiary/aromatic N) is 3. The zero-order valence-electron chi connectivity index (χ0n) is 11.5. The number of fused-ring (bicyclic) bond motifs is 1. The predicted molar refractivity (Wildman–Crippen MR) is 75.3 cm³/mol. The Morgan fingerprint density at radius 2 is 2.11 bits per heavy atom. The van der Waals surface area contributed by atoms with Crippen LogP contribution in [0, 0.1) is 5.92 Å². The van der Waals surface area contributed by atoms with E-state index in [2.05, 4.69) is 14.9 Å². The summed E-state index contributed by atoms with van der Waals surface area (Å²) < 4.78 is 0. The molecule has 0 bridgehead atoms. The third-order valence-corrected chi connectivity index (χ3v) is 4.47. The van der Waals surface area contributed by atoms with Crippen molar-refractivity contribution in [1.29, 1.82) is 0 Å². The highest BCUT2D eigenvalue weighted by atomic mass is 16.3. The summed E-state index contributed by atoms with van der Waals surface area (Å²) in [5.74, 6) is 1.80. The molecule has 0 saturated carbocycles. The van der Waals surface area contributed by atoms with E-state index in [0.717, 1.165) is 32.4 Å². The van der Waals surface area contributed by atoms with E-state index >= 15 is 0 Å². The second-order valence-electron chi connectivity index (χ2n) is 5.80. The first kappa shape index (κ1) is 12.9. The molecular weight excluding hydrogens is 238 g/mol. The monoisotopic (exact) mass is 261 g/mol. The molecule has 0 amide bonds. The number of rotatable bonds is 3. The average Bonchev–Trinajstić information content (AvgIpc) is 2.75. The maximum atomic E-state index is 9.07. The minimum atomic E-state index is 0.306. The molecule has 0 spiro atoms. The normalized spacial score (nSPS) is 23.2. The van der Waals surface area contributed by atoms with E-state index in [9.17, 15) is 0 Å². The molecule has 0 aromatic carbocycles. The Hall–Kier alpha value is -1.16. The van der Waals surface area contributed by atoms with Gasteiger partial charge in [0.1, 0.15) is 12.1 Å². The van der Waals surface area contributed by atoms with Crippen molar-refractivity contribution in [2.45, 2.75) is 44.9 Å². The van der Waals surface area contributed by atoms with Gasteiger partial charge in [0.05, 0.1) is 0 Å². The summed E-state index contributed by atoms with van der Waals surface area (Å²) in [6.07, 6.45) is 9.91. The molecule has 19 heavy (non-hydrogen) atoms. The van der Waals surface area contributed by atoms with Crippen LogP contribution < -0.4 is 4.90 Å². The summed E-state index contributed by atoms with van der Waals surface area (Å²) in [7, 11) is 0. The smallest absolute Gasteiger partial charge is 0.135 e. The minimum Gasteiger partial charge on any atom is -0.396 e. The zero-order valence-corrected chi connectivity index (χ0v) is 11.5. The minimum absolute atomic E-state index is 0.306. The molecule has 104 valence electrons. The maximum Gasteiger partial charge on any atom is 0.135 e. The Labute approximate surface area is 114 Å². The Morgan fingerprint density at radius 3 is 3.00 bits per heavy atom. The summed E-state index contributed by atoms with van der Waals surface area (Å²) >= 11 is 0. The van der Waals surface area contributed by atoms with E-state index in [4.69, 9.17) is 5.11 Å². The molecule has 3 rings (SSSR count). The van der Waals surface area contributed by atoms with Crippen LogP contribution in [0.5, 0.6) is 0 Å². The van der Waals surface area contributed by atoms with Crippen molar-refractivity contribution in [3.63, 3.8) is 0 Å². The lowest BCUT2D eigenvalue weighted by molar-refractivity contribution is 0.263. The Kier molecular flexibility index (Phi) is 3.97. The van der Waals surface area contributed by atoms with Crippen LogP contribution in [0.2, 0.25) is 0 Å². The highest BCUT2D eigenvalue weighted by Crippen LogP contribution is 2.30. The number of aliphatic hydroxyl groups excluding tert-OH is 1. The van der Waals surface area contributed by atoms with Crippen LogP contribution in [-0.4, -0.2) is 34.8 Å². The van der Waals surface area contributed by atoms with Crippen LogP contribution >= 0.6 is 0 Å². The van der Waals surface area contributed by atoms with Crippen LogP contribution in [0.4, 0.5) is 5.82 Å². The van der Waals surface area contributed by atoms with Crippen molar-refractivity contribution in [3.8, 4) is 0 Å². The van der Waals surface area contributed by atoms with Gasteiger partial charge in [-0.1, -0.05) is 6.42 Å². The molecule has 1 aliphatic carbocycles. The van der Waals surface area contributed by atoms with Gasteiger partial charge in [0.15, 0.2) is 0 Å². The van der Waals surface area contributed by atoms with Gasteiger partial charge >= 0.3 is 0 Å². The zero-order chi connectivity index (χ0) is 13.1. The van der Waals surface area contributed by atoms with Crippen molar-refractivity contribution in [3.05, 3.63) is 17.6 Å².